The fraction of sp³-hybridized carbons (Fsp3) is 0.600. The summed E-state index contributed by atoms with van der Waals surface area (Å²) in [6, 6.07) is -0.160. The first-order valence-corrected chi connectivity index (χ1v) is 7.24. The topological polar surface area (TPSA) is 62.1 Å². The zero-order valence-electron chi connectivity index (χ0n) is 12.0. The number of piperidine rings is 1. The molecule has 2 heterocycles. The highest BCUT2D eigenvalue weighted by Crippen LogP contribution is 2.32. The van der Waals surface area contributed by atoms with Crippen LogP contribution >= 0.6 is 0 Å². The number of carbonyl (C=O) groups is 1. The molecule has 0 radical (unpaired) electrons. The van der Waals surface area contributed by atoms with Gasteiger partial charge in [-0.05, 0) is 25.7 Å². The first kappa shape index (κ1) is 14.6. The Balaban J connectivity index is 2.26. The molecule has 20 heavy (non-hydrogen) atoms. The summed E-state index contributed by atoms with van der Waals surface area (Å²) in [6.45, 7) is 6.57. The zero-order chi connectivity index (χ0) is 14.5. The Morgan fingerprint density at radius 3 is 3.05 bits per heavy atom. The van der Waals surface area contributed by atoms with Crippen molar-refractivity contribution >= 4 is 11.6 Å². The Kier molecular flexibility index (Phi) is 4.82. The predicted octanol–water partition coefficient (Wildman–Crippen LogP) is 2.55. The second-order valence-electron chi connectivity index (χ2n) is 5.14. The Hall–Kier alpha value is -1.78. The molecule has 110 valence electrons. The summed E-state index contributed by atoms with van der Waals surface area (Å²) in [5.74, 6) is 0.0608. The normalized spacial score (nSPS) is 23.1. The van der Waals surface area contributed by atoms with Gasteiger partial charge >= 0.3 is 0 Å². The number of rotatable bonds is 6. The molecule has 2 aliphatic heterocycles. The maximum Gasteiger partial charge on any atom is 0.259 e. The lowest BCUT2D eigenvalue weighted by Gasteiger charge is -2.29. The molecule has 2 rings (SSSR count). The Labute approximate surface area is 119 Å². The first-order chi connectivity index (χ1) is 9.70. The van der Waals surface area contributed by atoms with Gasteiger partial charge in [-0.3, -0.25) is 4.79 Å². The van der Waals surface area contributed by atoms with Gasteiger partial charge in [0.05, 0.1) is 11.8 Å². The largest absolute Gasteiger partial charge is 0.509 e. The lowest BCUT2D eigenvalue weighted by Crippen LogP contribution is -2.39. The molecule has 5 nitrogen and oxygen atoms in total. The molecule has 1 unspecified atom stereocenters. The zero-order valence-corrected chi connectivity index (χ0v) is 12.0. The van der Waals surface area contributed by atoms with E-state index in [1.807, 2.05) is 6.92 Å². The highest BCUT2D eigenvalue weighted by Gasteiger charge is 2.42. The Bertz CT molecular complexity index is 454. The van der Waals surface area contributed by atoms with E-state index in [4.69, 9.17) is 4.84 Å². The molecule has 0 spiro atoms. The van der Waals surface area contributed by atoms with Crippen molar-refractivity contribution in [2.45, 2.75) is 45.1 Å². The molecule has 5 heteroatoms. The standard InChI is InChI=1S/C15H22N2O3/c1-3-7-11(16-20-10-4-2)13-14(18)12-8-5-6-9-17(12)15(13)19/h4,12,18H,2-3,5-10H2,1H3/b16-11+. The minimum Gasteiger partial charge on any atom is -0.509 e. The van der Waals surface area contributed by atoms with E-state index in [-0.39, 0.29) is 17.7 Å². The van der Waals surface area contributed by atoms with Gasteiger partial charge in [0.1, 0.15) is 17.9 Å². The van der Waals surface area contributed by atoms with Gasteiger partial charge in [0, 0.05) is 6.54 Å². The summed E-state index contributed by atoms with van der Waals surface area (Å²) in [6.07, 6.45) is 5.91. The summed E-state index contributed by atoms with van der Waals surface area (Å²) < 4.78 is 0. The lowest BCUT2D eigenvalue weighted by atomic mass is 10.0. The van der Waals surface area contributed by atoms with Gasteiger partial charge in [0.25, 0.3) is 5.91 Å². The SMILES string of the molecule is C=CCO/N=C(\CCC)C1=C(O)C2CCCCN2C1=O. The van der Waals surface area contributed by atoms with Crippen molar-refractivity contribution in [3.05, 3.63) is 24.0 Å². The average molecular weight is 278 g/mol. The van der Waals surface area contributed by atoms with Gasteiger partial charge in [0.2, 0.25) is 0 Å². The summed E-state index contributed by atoms with van der Waals surface area (Å²) in [5.41, 5.74) is 0.897. The van der Waals surface area contributed by atoms with Crippen LogP contribution in [0.4, 0.5) is 0 Å². The van der Waals surface area contributed by atoms with Crippen LogP contribution in [0.3, 0.4) is 0 Å². The van der Waals surface area contributed by atoms with Gasteiger partial charge < -0.3 is 14.8 Å². The Morgan fingerprint density at radius 2 is 2.40 bits per heavy atom. The highest BCUT2D eigenvalue weighted by atomic mass is 16.6. The summed E-state index contributed by atoms with van der Waals surface area (Å²) >= 11 is 0. The van der Waals surface area contributed by atoms with Crippen LogP contribution < -0.4 is 0 Å². The van der Waals surface area contributed by atoms with E-state index in [9.17, 15) is 9.90 Å². The van der Waals surface area contributed by atoms with Crippen LogP contribution in [-0.2, 0) is 9.63 Å². The first-order valence-electron chi connectivity index (χ1n) is 7.24. The number of carbonyl (C=O) groups excluding carboxylic acids is 1. The van der Waals surface area contributed by atoms with E-state index in [0.717, 1.165) is 25.7 Å². The molecule has 0 saturated carbocycles. The van der Waals surface area contributed by atoms with Crippen LogP contribution in [0.15, 0.2) is 29.1 Å². The molecular formula is C15H22N2O3. The molecule has 0 bridgehead atoms. The third kappa shape index (κ3) is 2.71. The van der Waals surface area contributed by atoms with Crippen LogP contribution in [0.2, 0.25) is 0 Å². The maximum absolute atomic E-state index is 12.5. The molecule has 0 aliphatic carbocycles. The second-order valence-corrected chi connectivity index (χ2v) is 5.14. The van der Waals surface area contributed by atoms with Crippen molar-refractivity contribution in [2.75, 3.05) is 13.2 Å². The minimum atomic E-state index is -0.160. The molecule has 0 aromatic rings. The van der Waals surface area contributed by atoms with Crippen molar-refractivity contribution in [2.24, 2.45) is 5.16 Å². The molecule has 2 aliphatic rings. The summed E-state index contributed by atoms with van der Waals surface area (Å²) in [4.78, 5) is 19.3. The van der Waals surface area contributed by atoms with Crippen LogP contribution in [0, 0.1) is 0 Å². The number of aliphatic hydroxyl groups is 1. The minimum absolute atomic E-state index is 0.110. The number of fused-ring (bicyclic) bond motifs is 1. The van der Waals surface area contributed by atoms with Crippen molar-refractivity contribution in [3.63, 3.8) is 0 Å². The fourth-order valence-electron chi connectivity index (χ4n) is 2.77. The summed E-state index contributed by atoms with van der Waals surface area (Å²) in [7, 11) is 0. The second kappa shape index (κ2) is 6.59. The molecular weight excluding hydrogens is 256 g/mol. The maximum atomic E-state index is 12.5. The quantitative estimate of drug-likeness (QED) is 0.351. The number of amides is 1. The number of oxime groups is 1. The van der Waals surface area contributed by atoms with E-state index in [1.165, 1.54) is 0 Å². The van der Waals surface area contributed by atoms with Gasteiger partial charge in [-0.1, -0.05) is 31.2 Å². The third-order valence-corrected chi connectivity index (χ3v) is 3.69. The van der Waals surface area contributed by atoms with Gasteiger partial charge in [-0.25, -0.2) is 0 Å². The van der Waals surface area contributed by atoms with E-state index in [1.54, 1.807) is 11.0 Å². The molecule has 1 atom stereocenters. The number of hydrogen-bond donors (Lipinski definition) is 1. The molecule has 1 saturated heterocycles. The molecule has 0 aromatic carbocycles. The van der Waals surface area contributed by atoms with Crippen LogP contribution in [-0.4, -0.2) is 40.8 Å². The van der Waals surface area contributed by atoms with Crippen LogP contribution in [0.25, 0.3) is 0 Å². The monoisotopic (exact) mass is 278 g/mol. The molecule has 1 amide bonds. The average Bonchev–Trinajstić information content (AvgIpc) is 2.71. The number of nitrogens with zero attached hydrogens (tertiary/aromatic N) is 2. The van der Waals surface area contributed by atoms with Crippen molar-refractivity contribution in [3.8, 4) is 0 Å². The summed E-state index contributed by atoms with van der Waals surface area (Å²) in [5, 5.41) is 14.4. The van der Waals surface area contributed by atoms with Crippen molar-refractivity contribution < 1.29 is 14.7 Å². The molecule has 1 fully saturated rings. The van der Waals surface area contributed by atoms with Crippen LogP contribution in [0.1, 0.15) is 39.0 Å². The third-order valence-electron chi connectivity index (χ3n) is 3.69. The van der Waals surface area contributed by atoms with Gasteiger partial charge in [-0.2, -0.15) is 0 Å². The fourth-order valence-corrected chi connectivity index (χ4v) is 2.77. The molecule has 1 N–H and O–H groups in total. The smallest absolute Gasteiger partial charge is 0.259 e. The number of hydrogen-bond acceptors (Lipinski definition) is 4. The highest BCUT2D eigenvalue weighted by molar-refractivity contribution is 6.23. The van der Waals surface area contributed by atoms with Gasteiger partial charge in [0.15, 0.2) is 0 Å². The van der Waals surface area contributed by atoms with Crippen molar-refractivity contribution in [1.29, 1.82) is 0 Å². The van der Waals surface area contributed by atoms with E-state index in [0.29, 0.717) is 30.9 Å². The van der Waals surface area contributed by atoms with Crippen LogP contribution in [0.5, 0.6) is 0 Å². The van der Waals surface area contributed by atoms with E-state index < -0.39 is 0 Å². The van der Waals surface area contributed by atoms with Gasteiger partial charge in [-0.15, -0.1) is 0 Å². The predicted molar refractivity (Wildman–Crippen MR) is 77.5 cm³/mol. The van der Waals surface area contributed by atoms with E-state index >= 15 is 0 Å². The molecule has 0 aromatic heterocycles. The Morgan fingerprint density at radius 1 is 1.60 bits per heavy atom. The van der Waals surface area contributed by atoms with Crippen molar-refractivity contribution in [1.82, 2.24) is 4.90 Å². The number of aliphatic hydroxyl groups excluding tert-OH is 1. The van der Waals surface area contributed by atoms with E-state index in [2.05, 4.69) is 11.7 Å². The lowest BCUT2D eigenvalue weighted by molar-refractivity contribution is -0.127.